The van der Waals surface area contributed by atoms with E-state index in [9.17, 15) is 0 Å². The predicted octanol–water partition coefficient (Wildman–Crippen LogP) is 7.31. The second kappa shape index (κ2) is 8.79. The number of thiophene rings is 1. The van der Waals surface area contributed by atoms with Gasteiger partial charge in [-0.05, 0) is 30.3 Å². The van der Waals surface area contributed by atoms with Crippen molar-refractivity contribution in [2.45, 2.75) is 20.8 Å². The van der Waals surface area contributed by atoms with Crippen LogP contribution >= 0.6 is 22.9 Å². The Morgan fingerprint density at radius 2 is 1.81 bits per heavy atom. The molecule has 6 rings (SSSR count). The van der Waals surface area contributed by atoms with E-state index in [1.54, 1.807) is 24.8 Å². The van der Waals surface area contributed by atoms with E-state index in [2.05, 4.69) is 57.8 Å². The maximum absolute atomic E-state index is 6.17. The molecule has 6 aromatic heterocycles. The van der Waals surface area contributed by atoms with Gasteiger partial charge in [0.25, 0.3) is 0 Å². The van der Waals surface area contributed by atoms with E-state index in [1.165, 1.54) is 11.3 Å². The van der Waals surface area contributed by atoms with Crippen molar-refractivity contribution >= 4 is 50.7 Å². The molecule has 0 fully saturated rings. The highest BCUT2D eigenvalue weighted by atomic mass is 35.5. The summed E-state index contributed by atoms with van der Waals surface area (Å²) in [5.74, 6) is 0.609. The first-order chi connectivity index (χ1) is 17.8. The smallest absolute Gasteiger partial charge is 0.161 e. The topological polar surface area (TPSA) is 108 Å². The molecule has 0 saturated carbocycles. The lowest BCUT2D eigenvalue weighted by Crippen LogP contribution is -2.15. The molecule has 37 heavy (non-hydrogen) atoms. The van der Waals surface area contributed by atoms with Crippen LogP contribution < -0.4 is 5.32 Å². The largest absolute Gasteiger partial charge is 0.358 e. The van der Waals surface area contributed by atoms with Gasteiger partial charge >= 0.3 is 0 Å². The number of hydrogen-bond donors (Lipinski definition) is 3. The average Bonchev–Trinajstić information content (AvgIpc) is 3.60. The standard InChI is InChI=1S/C27H23ClN8S/c1-14(27(2,3)4)31-16-9-15(10-29-11-16)18-5-6-19-24(32-18)25(36-35-19)26-33-20-13-30-12-17(23(20)34-26)21-7-8-22(28)37-21/h5-13,31H,1H2,2-4H3,(H,33,34)(H,35,36). The SMILES string of the molecule is C=C(Nc1cncc(-c2ccc3[nH]nc(-c4nc5c(-c6ccc(Cl)s6)cncc5[nH]4)c3n2)c1)C(C)(C)C. The van der Waals surface area contributed by atoms with Crippen LogP contribution in [-0.2, 0) is 0 Å². The number of aromatic amines is 2. The molecular formula is C27H23ClN8S. The molecule has 0 atom stereocenters. The van der Waals surface area contributed by atoms with E-state index in [0.29, 0.717) is 21.4 Å². The third-order valence-electron chi connectivity index (χ3n) is 6.10. The Bertz CT molecular complexity index is 1790. The van der Waals surface area contributed by atoms with Crippen molar-refractivity contribution in [3.8, 4) is 33.2 Å². The molecule has 10 heteroatoms. The van der Waals surface area contributed by atoms with Crippen LogP contribution in [0.2, 0.25) is 4.34 Å². The first-order valence-corrected chi connectivity index (χ1v) is 12.8. The van der Waals surface area contributed by atoms with Crippen molar-refractivity contribution in [1.29, 1.82) is 0 Å². The van der Waals surface area contributed by atoms with Crippen LogP contribution in [0.15, 0.2) is 67.4 Å². The number of allylic oxidation sites excluding steroid dienone is 1. The molecule has 0 aromatic carbocycles. The number of fused-ring (bicyclic) bond motifs is 2. The molecule has 0 bridgehead atoms. The molecular weight excluding hydrogens is 504 g/mol. The van der Waals surface area contributed by atoms with Crippen LogP contribution in [-0.4, -0.2) is 35.1 Å². The molecule has 8 nitrogen and oxygen atoms in total. The lowest BCUT2D eigenvalue weighted by molar-refractivity contribution is 0.509. The van der Waals surface area contributed by atoms with Crippen LogP contribution in [0.25, 0.3) is 55.3 Å². The van der Waals surface area contributed by atoms with Crippen LogP contribution in [0.5, 0.6) is 0 Å². The second-order valence-electron chi connectivity index (χ2n) is 9.75. The van der Waals surface area contributed by atoms with Crippen molar-refractivity contribution in [2.24, 2.45) is 5.41 Å². The number of pyridine rings is 3. The highest BCUT2D eigenvalue weighted by molar-refractivity contribution is 7.19. The zero-order valence-electron chi connectivity index (χ0n) is 20.4. The third kappa shape index (κ3) is 4.36. The fourth-order valence-corrected chi connectivity index (χ4v) is 4.97. The normalized spacial score (nSPS) is 11.9. The van der Waals surface area contributed by atoms with Gasteiger partial charge in [-0.2, -0.15) is 5.10 Å². The molecule has 0 amide bonds. The third-order valence-corrected chi connectivity index (χ3v) is 7.36. The van der Waals surface area contributed by atoms with Gasteiger partial charge in [0, 0.05) is 39.5 Å². The lowest BCUT2D eigenvalue weighted by Gasteiger charge is -2.23. The minimum atomic E-state index is -0.0728. The summed E-state index contributed by atoms with van der Waals surface area (Å²) in [6.45, 7) is 10.5. The minimum absolute atomic E-state index is 0.0728. The molecule has 0 unspecified atom stereocenters. The molecule has 0 aliphatic heterocycles. The summed E-state index contributed by atoms with van der Waals surface area (Å²) >= 11 is 7.66. The van der Waals surface area contributed by atoms with Gasteiger partial charge in [-0.1, -0.05) is 39.0 Å². The van der Waals surface area contributed by atoms with Crippen LogP contribution in [0, 0.1) is 5.41 Å². The summed E-state index contributed by atoms with van der Waals surface area (Å²) in [6, 6.07) is 9.78. The summed E-state index contributed by atoms with van der Waals surface area (Å²) in [7, 11) is 0. The fourth-order valence-electron chi connectivity index (χ4n) is 3.92. The monoisotopic (exact) mass is 526 g/mol. The van der Waals surface area contributed by atoms with Gasteiger partial charge in [0.15, 0.2) is 11.5 Å². The molecule has 0 radical (unpaired) electrons. The van der Waals surface area contributed by atoms with Crippen molar-refractivity contribution in [1.82, 2.24) is 35.1 Å². The number of nitrogens with zero attached hydrogens (tertiary/aromatic N) is 5. The average molecular weight is 527 g/mol. The highest BCUT2D eigenvalue weighted by Crippen LogP contribution is 2.36. The molecule has 6 aromatic rings. The van der Waals surface area contributed by atoms with Gasteiger partial charge in [0.2, 0.25) is 0 Å². The molecule has 184 valence electrons. The van der Waals surface area contributed by atoms with Crippen LogP contribution in [0.1, 0.15) is 20.8 Å². The summed E-state index contributed by atoms with van der Waals surface area (Å²) < 4.78 is 0.717. The summed E-state index contributed by atoms with van der Waals surface area (Å²) in [6.07, 6.45) is 7.14. The van der Waals surface area contributed by atoms with Crippen molar-refractivity contribution in [3.63, 3.8) is 0 Å². The van der Waals surface area contributed by atoms with Crippen LogP contribution in [0.4, 0.5) is 5.69 Å². The fraction of sp³-hybridized carbons (Fsp3) is 0.148. The summed E-state index contributed by atoms with van der Waals surface area (Å²) in [5.41, 5.74) is 8.04. The minimum Gasteiger partial charge on any atom is -0.358 e. The highest BCUT2D eigenvalue weighted by Gasteiger charge is 2.18. The van der Waals surface area contributed by atoms with E-state index in [4.69, 9.17) is 21.6 Å². The number of aromatic nitrogens is 7. The number of nitrogens with one attached hydrogen (secondary N) is 3. The van der Waals surface area contributed by atoms with Gasteiger partial charge in [0.05, 0.1) is 39.1 Å². The Morgan fingerprint density at radius 3 is 2.59 bits per heavy atom. The number of rotatable bonds is 5. The molecule has 0 aliphatic rings. The quantitative estimate of drug-likeness (QED) is 0.217. The number of anilines is 1. The van der Waals surface area contributed by atoms with E-state index >= 15 is 0 Å². The zero-order valence-corrected chi connectivity index (χ0v) is 22.0. The Morgan fingerprint density at radius 1 is 0.973 bits per heavy atom. The summed E-state index contributed by atoms with van der Waals surface area (Å²) in [5, 5.41) is 11.0. The Kier molecular flexibility index (Phi) is 5.54. The summed E-state index contributed by atoms with van der Waals surface area (Å²) in [4.78, 5) is 23.0. The Hall–Kier alpha value is -4.08. The van der Waals surface area contributed by atoms with Crippen molar-refractivity contribution in [2.75, 3.05) is 5.32 Å². The molecule has 0 saturated heterocycles. The first-order valence-electron chi connectivity index (χ1n) is 11.6. The number of H-pyrrole nitrogens is 2. The number of imidazole rings is 1. The van der Waals surface area contributed by atoms with E-state index in [1.807, 2.05) is 30.3 Å². The Balaban J connectivity index is 1.40. The lowest BCUT2D eigenvalue weighted by atomic mass is 9.93. The van der Waals surface area contributed by atoms with Gasteiger partial charge < -0.3 is 10.3 Å². The number of halogens is 1. The molecule has 6 heterocycles. The second-order valence-corrected chi connectivity index (χ2v) is 11.5. The van der Waals surface area contributed by atoms with Gasteiger partial charge in [0.1, 0.15) is 11.0 Å². The van der Waals surface area contributed by atoms with Gasteiger partial charge in [-0.3, -0.25) is 15.1 Å². The Labute approximate surface area is 221 Å². The maximum atomic E-state index is 6.17. The van der Waals surface area contributed by atoms with Crippen molar-refractivity contribution in [3.05, 3.63) is 71.7 Å². The van der Waals surface area contributed by atoms with Gasteiger partial charge in [-0.25, -0.2) is 9.97 Å². The first kappa shape index (κ1) is 23.3. The predicted molar refractivity (Wildman–Crippen MR) is 151 cm³/mol. The maximum Gasteiger partial charge on any atom is 0.161 e. The van der Waals surface area contributed by atoms with E-state index in [-0.39, 0.29) is 5.41 Å². The van der Waals surface area contributed by atoms with Crippen molar-refractivity contribution < 1.29 is 0 Å². The molecule has 3 N–H and O–H groups in total. The van der Waals surface area contributed by atoms with Crippen LogP contribution in [0.3, 0.4) is 0 Å². The van der Waals surface area contributed by atoms with E-state index < -0.39 is 0 Å². The zero-order chi connectivity index (χ0) is 25.7. The van der Waals surface area contributed by atoms with Gasteiger partial charge in [-0.15, -0.1) is 11.3 Å². The number of hydrogen-bond acceptors (Lipinski definition) is 7. The molecule has 0 aliphatic carbocycles. The van der Waals surface area contributed by atoms with E-state index in [0.717, 1.165) is 49.6 Å². The molecule has 0 spiro atoms.